The molecule has 4 rings (SSSR count). The SMILES string of the molecule is CCOc1cccc(C(=O)N2CCN(Cc3cc(=O)n4ccsc4n3)CC2)c1. The molecule has 0 atom stereocenters. The summed E-state index contributed by atoms with van der Waals surface area (Å²) in [7, 11) is 0. The van der Waals surface area contributed by atoms with E-state index in [0.29, 0.717) is 42.5 Å². The minimum atomic E-state index is -0.0516. The van der Waals surface area contributed by atoms with Crippen molar-refractivity contribution in [2.45, 2.75) is 13.5 Å². The Labute approximate surface area is 166 Å². The highest BCUT2D eigenvalue weighted by Crippen LogP contribution is 2.17. The summed E-state index contributed by atoms with van der Waals surface area (Å²) < 4.78 is 7.05. The van der Waals surface area contributed by atoms with Gasteiger partial charge in [0.25, 0.3) is 11.5 Å². The summed E-state index contributed by atoms with van der Waals surface area (Å²) in [4.78, 5) is 34.3. The van der Waals surface area contributed by atoms with Crippen LogP contribution in [0.1, 0.15) is 23.0 Å². The van der Waals surface area contributed by atoms with E-state index in [4.69, 9.17) is 4.74 Å². The molecule has 3 aromatic rings. The van der Waals surface area contributed by atoms with Gasteiger partial charge in [-0.05, 0) is 25.1 Å². The number of amides is 1. The van der Waals surface area contributed by atoms with Crippen LogP contribution in [-0.4, -0.2) is 57.9 Å². The van der Waals surface area contributed by atoms with Crippen LogP contribution in [0.3, 0.4) is 0 Å². The third kappa shape index (κ3) is 3.93. The number of carbonyl (C=O) groups is 1. The van der Waals surface area contributed by atoms with Crippen LogP contribution in [0.2, 0.25) is 0 Å². The molecule has 0 bridgehead atoms. The lowest BCUT2D eigenvalue weighted by atomic mass is 10.1. The van der Waals surface area contributed by atoms with Gasteiger partial charge in [-0.1, -0.05) is 6.07 Å². The number of ether oxygens (including phenoxy) is 1. The van der Waals surface area contributed by atoms with Gasteiger partial charge in [0.15, 0.2) is 4.96 Å². The lowest BCUT2D eigenvalue weighted by Crippen LogP contribution is -2.48. The summed E-state index contributed by atoms with van der Waals surface area (Å²) in [5, 5.41) is 1.86. The molecule has 0 unspecified atom stereocenters. The van der Waals surface area contributed by atoms with Crippen molar-refractivity contribution >= 4 is 22.2 Å². The van der Waals surface area contributed by atoms with Gasteiger partial charge in [0.05, 0.1) is 12.3 Å². The van der Waals surface area contributed by atoms with Gasteiger partial charge in [-0.15, -0.1) is 11.3 Å². The van der Waals surface area contributed by atoms with Gasteiger partial charge < -0.3 is 9.64 Å². The second-order valence-electron chi connectivity index (χ2n) is 6.67. The van der Waals surface area contributed by atoms with Crippen molar-refractivity contribution in [2.75, 3.05) is 32.8 Å². The van der Waals surface area contributed by atoms with Crippen molar-refractivity contribution in [2.24, 2.45) is 0 Å². The highest BCUT2D eigenvalue weighted by atomic mass is 32.1. The summed E-state index contributed by atoms with van der Waals surface area (Å²) in [5.41, 5.74) is 1.37. The molecule has 0 N–H and O–H groups in total. The van der Waals surface area contributed by atoms with E-state index in [2.05, 4.69) is 9.88 Å². The fourth-order valence-electron chi connectivity index (χ4n) is 3.38. The monoisotopic (exact) mass is 398 g/mol. The van der Waals surface area contributed by atoms with E-state index >= 15 is 0 Å². The van der Waals surface area contributed by atoms with Crippen LogP contribution in [0.5, 0.6) is 5.75 Å². The zero-order valence-corrected chi connectivity index (χ0v) is 16.5. The van der Waals surface area contributed by atoms with Crippen molar-refractivity contribution in [3.8, 4) is 5.75 Å². The van der Waals surface area contributed by atoms with Crippen molar-refractivity contribution < 1.29 is 9.53 Å². The number of fused-ring (bicyclic) bond motifs is 1. The lowest BCUT2D eigenvalue weighted by Gasteiger charge is -2.34. The number of rotatable bonds is 5. The maximum Gasteiger partial charge on any atom is 0.258 e. The molecule has 1 saturated heterocycles. The molecular weight excluding hydrogens is 376 g/mol. The Kier molecular flexibility index (Phi) is 5.40. The summed E-state index contributed by atoms with van der Waals surface area (Å²) in [5.74, 6) is 0.742. The van der Waals surface area contributed by atoms with Crippen LogP contribution in [0, 0.1) is 0 Å². The van der Waals surface area contributed by atoms with E-state index in [-0.39, 0.29) is 11.5 Å². The van der Waals surface area contributed by atoms with E-state index in [0.717, 1.165) is 18.8 Å². The fraction of sp³-hybridized carbons (Fsp3) is 0.350. The molecule has 1 fully saturated rings. The van der Waals surface area contributed by atoms with Crippen molar-refractivity contribution in [1.29, 1.82) is 0 Å². The van der Waals surface area contributed by atoms with E-state index in [1.165, 1.54) is 11.3 Å². The Hall–Kier alpha value is -2.71. The second kappa shape index (κ2) is 8.12. The normalized spacial score (nSPS) is 15.1. The molecule has 2 aromatic heterocycles. The third-order valence-electron chi connectivity index (χ3n) is 4.79. The Morgan fingerprint density at radius 2 is 2.04 bits per heavy atom. The van der Waals surface area contributed by atoms with E-state index in [1.54, 1.807) is 22.7 Å². The number of piperazine rings is 1. The van der Waals surface area contributed by atoms with Crippen molar-refractivity contribution in [1.82, 2.24) is 19.2 Å². The van der Waals surface area contributed by atoms with Crippen molar-refractivity contribution in [3.63, 3.8) is 0 Å². The van der Waals surface area contributed by atoms with E-state index in [9.17, 15) is 9.59 Å². The Balaban J connectivity index is 1.38. The highest BCUT2D eigenvalue weighted by Gasteiger charge is 2.23. The minimum Gasteiger partial charge on any atom is -0.494 e. The number of nitrogens with zero attached hydrogens (tertiary/aromatic N) is 4. The maximum absolute atomic E-state index is 12.8. The molecule has 1 aliphatic rings. The summed E-state index contributed by atoms with van der Waals surface area (Å²) in [6, 6.07) is 8.92. The first-order chi connectivity index (χ1) is 13.6. The molecule has 28 heavy (non-hydrogen) atoms. The molecule has 8 heteroatoms. The lowest BCUT2D eigenvalue weighted by molar-refractivity contribution is 0.0626. The van der Waals surface area contributed by atoms with Crippen LogP contribution < -0.4 is 10.3 Å². The van der Waals surface area contributed by atoms with Crippen LogP contribution in [0.15, 0.2) is 46.7 Å². The van der Waals surface area contributed by atoms with Crippen LogP contribution >= 0.6 is 11.3 Å². The van der Waals surface area contributed by atoms with E-state index < -0.39 is 0 Å². The Bertz CT molecular complexity index is 1040. The van der Waals surface area contributed by atoms with Crippen molar-refractivity contribution in [3.05, 3.63) is 63.5 Å². The molecule has 0 saturated carbocycles. The molecule has 3 heterocycles. The van der Waals surface area contributed by atoms with Crippen LogP contribution in [-0.2, 0) is 6.54 Å². The van der Waals surface area contributed by atoms with Gasteiger partial charge in [-0.3, -0.25) is 18.9 Å². The smallest absolute Gasteiger partial charge is 0.258 e. The molecule has 1 aliphatic heterocycles. The van der Waals surface area contributed by atoms with Crippen LogP contribution in [0.25, 0.3) is 4.96 Å². The molecular formula is C20H22N4O3S. The number of hydrogen-bond donors (Lipinski definition) is 0. The summed E-state index contributed by atoms with van der Waals surface area (Å²) >= 11 is 1.45. The minimum absolute atomic E-state index is 0.0255. The zero-order chi connectivity index (χ0) is 19.5. The zero-order valence-electron chi connectivity index (χ0n) is 15.7. The first kappa shape index (κ1) is 18.6. The number of thiazole rings is 1. The molecule has 0 radical (unpaired) electrons. The van der Waals surface area contributed by atoms with E-state index in [1.807, 2.05) is 35.4 Å². The number of benzene rings is 1. The van der Waals surface area contributed by atoms with Crippen LogP contribution in [0.4, 0.5) is 0 Å². The first-order valence-electron chi connectivity index (χ1n) is 9.34. The number of hydrogen-bond acceptors (Lipinski definition) is 6. The van der Waals surface area contributed by atoms with Gasteiger partial charge >= 0.3 is 0 Å². The number of aromatic nitrogens is 2. The molecule has 1 amide bonds. The largest absolute Gasteiger partial charge is 0.494 e. The second-order valence-corrected chi connectivity index (χ2v) is 7.54. The number of carbonyl (C=O) groups excluding carboxylic acids is 1. The molecule has 1 aromatic carbocycles. The highest BCUT2D eigenvalue weighted by molar-refractivity contribution is 7.15. The van der Waals surface area contributed by atoms with Gasteiger partial charge in [0.1, 0.15) is 5.75 Å². The quantitative estimate of drug-likeness (QED) is 0.659. The molecule has 0 spiro atoms. The average Bonchev–Trinajstić information content (AvgIpc) is 3.18. The Morgan fingerprint density at radius 3 is 2.82 bits per heavy atom. The molecule has 146 valence electrons. The average molecular weight is 398 g/mol. The summed E-state index contributed by atoms with van der Waals surface area (Å²) in [6.45, 7) is 5.92. The first-order valence-corrected chi connectivity index (χ1v) is 10.2. The summed E-state index contributed by atoms with van der Waals surface area (Å²) in [6.07, 6.45) is 1.74. The fourth-order valence-corrected chi connectivity index (χ4v) is 4.11. The van der Waals surface area contributed by atoms with Gasteiger partial charge in [0, 0.05) is 55.9 Å². The molecule has 7 nitrogen and oxygen atoms in total. The maximum atomic E-state index is 12.8. The Morgan fingerprint density at radius 1 is 1.21 bits per heavy atom. The third-order valence-corrected chi connectivity index (χ3v) is 5.55. The van der Waals surface area contributed by atoms with Gasteiger partial charge in [-0.2, -0.15) is 0 Å². The predicted molar refractivity (Wildman–Crippen MR) is 108 cm³/mol. The topological polar surface area (TPSA) is 67.2 Å². The molecule has 0 aliphatic carbocycles. The van der Waals surface area contributed by atoms with Gasteiger partial charge in [-0.25, -0.2) is 4.98 Å². The van der Waals surface area contributed by atoms with Gasteiger partial charge in [0.2, 0.25) is 0 Å². The predicted octanol–water partition coefficient (Wildman–Crippen LogP) is 2.11. The standard InChI is InChI=1S/C20H22N4O3S/c1-2-27-17-5-3-4-15(12-17)19(26)23-8-6-22(7-9-23)14-16-13-18(25)24-10-11-28-20(24)21-16/h3-5,10-13H,2,6-9,14H2,1H3.